The fourth-order valence-electron chi connectivity index (χ4n) is 2.80. The topological polar surface area (TPSA) is 63.2 Å². The van der Waals surface area contributed by atoms with Crippen molar-refractivity contribution in [2.45, 2.75) is 19.8 Å². The maximum Gasteiger partial charge on any atom is 0.255 e. The highest BCUT2D eigenvalue weighted by Gasteiger charge is 2.12. The van der Waals surface area contributed by atoms with Crippen molar-refractivity contribution in [2.75, 3.05) is 17.7 Å². The maximum absolute atomic E-state index is 12.7. The zero-order chi connectivity index (χ0) is 19.2. The van der Waals surface area contributed by atoms with Gasteiger partial charge >= 0.3 is 0 Å². The van der Waals surface area contributed by atoms with Crippen molar-refractivity contribution in [1.82, 2.24) is 4.98 Å². The van der Waals surface area contributed by atoms with Crippen LogP contribution in [0.15, 0.2) is 66.9 Å². The van der Waals surface area contributed by atoms with E-state index >= 15 is 0 Å². The highest BCUT2D eigenvalue weighted by Crippen LogP contribution is 2.25. The van der Waals surface area contributed by atoms with Gasteiger partial charge in [-0.05, 0) is 41.8 Å². The van der Waals surface area contributed by atoms with E-state index in [1.807, 2.05) is 48.5 Å². The van der Waals surface area contributed by atoms with Crippen LogP contribution in [-0.4, -0.2) is 18.0 Å². The van der Waals surface area contributed by atoms with E-state index in [4.69, 9.17) is 4.74 Å². The summed E-state index contributed by atoms with van der Waals surface area (Å²) in [7, 11) is 1.62. The molecule has 5 nitrogen and oxygen atoms in total. The molecule has 0 unspecified atom stereocenters. The van der Waals surface area contributed by atoms with Crippen LogP contribution in [0.3, 0.4) is 0 Å². The van der Waals surface area contributed by atoms with Gasteiger partial charge in [-0.3, -0.25) is 4.79 Å². The second kappa shape index (κ2) is 8.36. The molecule has 0 saturated carbocycles. The van der Waals surface area contributed by atoms with Gasteiger partial charge in [-0.15, -0.1) is 0 Å². The number of nitrogens with zero attached hydrogens (tertiary/aromatic N) is 1. The molecule has 27 heavy (non-hydrogen) atoms. The van der Waals surface area contributed by atoms with Crippen molar-refractivity contribution < 1.29 is 9.53 Å². The summed E-state index contributed by atoms with van der Waals surface area (Å²) in [6.07, 6.45) is 1.62. The van der Waals surface area contributed by atoms with Crippen LogP contribution in [0.5, 0.6) is 5.75 Å². The molecule has 0 saturated heterocycles. The highest BCUT2D eigenvalue weighted by atomic mass is 16.5. The molecule has 0 aliphatic rings. The fourth-order valence-corrected chi connectivity index (χ4v) is 2.80. The molecule has 2 N–H and O–H groups in total. The van der Waals surface area contributed by atoms with Crippen LogP contribution < -0.4 is 15.4 Å². The summed E-state index contributed by atoms with van der Waals surface area (Å²) in [5, 5.41) is 6.20. The lowest BCUT2D eigenvalue weighted by molar-refractivity contribution is 0.102. The standard InChI is InChI=1S/C22H23N3O2/c1-15(2)19-9-4-5-10-20(19)25-22(26)16-11-12-23-21(13-16)24-17-7-6-8-18(14-17)27-3/h4-15H,1-3H3,(H,23,24)(H,25,26). The van der Waals surface area contributed by atoms with Crippen LogP contribution in [0.2, 0.25) is 0 Å². The van der Waals surface area contributed by atoms with Gasteiger partial charge in [0.1, 0.15) is 11.6 Å². The molecule has 1 heterocycles. The molecule has 0 radical (unpaired) electrons. The first-order valence-corrected chi connectivity index (χ1v) is 8.84. The Kier molecular flexibility index (Phi) is 5.71. The lowest BCUT2D eigenvalue weighted by Crippen LogP contribution is -2.14. The summed E-state index contributed by atoms with van der Waals surface area (Å²) in [5.74, 6) is 1.50. The summed E-state index contributed by atoms with van der Waals surface area (Å²) >= 11 is 0. The zero-order valence-corrected chi connectivity index (χ0v) is 15.7. The molecule has 0 aliphatic heterocycles. The number of methoxy groups -OCH3 is 1. The van der Waals surface area contributed by atoms with Crippen LogP contribution in [0.4, 0.5) is 17.2 Å². The lowest BCUT2D eigenvalue weighted by atomic mass is 10.0. The number of hydrogen-bond donors (Lipinski definition) is 2. The predicted molar refractivity (Wildman–Crippen MR) is 109 cm³/mol. The average molecular weight is 361 g/mol. The van der Waals surface area contributed by atoms with Crippen molar-refractivity contribution in [2.24, 2.45) is 0 Å². The van der Waals surface area contributed by atoms with Gasteiger partial charge in [0.25, 0.3) is 5.91 Å². The number of para-hydroxylation sites is 1. The number of ether oxygens (including phenoxy) is 1. The Bertz CT molecular complexity index is 938. The average Bonchev–Trinajstić information content (AvgIpc) is 2.68. The maximum atomic E-state index is 12.7. The van der Waals surface area contributed by atoms with Crippen molar-refractivity contribution in [3.05, 3.63) is 78.0 Å². The molecule has 5 heteroatoms. The normalized spacial score (nSPS) is 10.5. The SMILES string of the molecule is COc1cccc(Nc2cc(C(=O)Nc3ccccc3C(C)C)ccn2)c1. The third kappa shape index (κ3) is 4.64. The molecule has 1 amide bonds. The first-order valence-electron chi connectivity index (χ1n) is 8.84. The van der Waals surface area contributed by atoms with Gasteiger partial charge in [0.2, 0.25) is 0 Å². The molecular weight excluding hydrogens is 338 g/mol. The van der Waals surface area contributed by atoms with Gasteiger partial charge in [-0.25, -0.2) is 4.98 Å². The molecule has 0 fully saturated rings. The molecule has 2 aromatic carbocycles. The van der Waals surface area contributed by atoms with E-state index in [0.717, 1.165) is 22.7 Å². The summed E-state index contributed by atoms with van der Waals surface area (Å²) in [5.41, 5.74) is 3.31. The number of nitrogens with one attached hydrogen (secondary N) is 2. The molecule has 0 bridgehead atoms. The van der Waals surface area contributed by atoms with Gasteiger partial charge in [0.05, 0.1) is 7.11 Å². The Morgan fingerprint density at radius 2 is 1.85 bits per heavy atom. The predicted octanol–water partition coefficient (Wildman–Crippen LogP) is 5.21. The number of carbonyl (C=O) groups excluding carboxylic acids is 1. The molecule has 1 aromatic heterocycles. The number of anilines is 3. The number of amides is 1. The van der Waals surface area contributed by atoms with E-state index in [0.29, 0.717) is 17.3 Å². The van der Waals surface area contributed by atoms with Crippen LogP contribution in [-0.2, 0) is 0 Å². The van der Waals surface area contributed by atoms with Crippen molar-refractivity contribution >= 4 is 23.1 Å². The van der Waals surface area contributed by atoms with Crippen LogP contribution in [0.25, 0.3) is 0 Å². The summed E-state index contributed by atoms with van der Waals surface area (Å²) in [6, 6.07) is 18.8. The molecule has 3 rings (SSSR count). The minimum atomic E-state index is -0.167. The van der Waals surface area contributed by atoms with Gasteiger partial charge < -0.3 is 15.4 Å². The number of hydrogen-bond acceptors (Lipinski definition) is 4. The first kappa shape index (κ1) is 18.5. The molecule has 3 aromatic rings. The number of rotatable bonds is 6. The van der Waals surface area contributed by atoms with E-state index in [1.165, 1.54) is 0 Å². The quantitative estimate of drug-likeness (QED) is 0.633. The number of benzene rings is 2. The van der Waals surface area contributed by atoms with E-state index in [1.54, 1.807) is 25.4 Å². The summed E-state index contributed by atoms with van der Waals surface area (Å²) in [6.45, 7) is 4.21. The van der Waals surface area contributed by atoms with E-state index < -0.39 is 0 Å². The van der Waals surface area contributed by atoms with Crippen molar-refractivity contribution in [1.29, 1.82) is 0 Å². The van der Waals surface area contributed by atoms with Gasteiger partial charge in [-0.2, -0.15) is 0 Å². The minimum Gasteiger partial charge on any atom is -0.497 e. The highest BCUT2D eigenvalue weighted by molar-refractivity contribution is 6.05. The molecule has 0 spiro atoms. The van der Waals surface area contributed by atoms with E-state index in [2.05, 4.69) is 29.5 Å². The molecule has 0 aliphatic carbocycles. The second-order valence-corrected chi connectivity index (χ2v) is 6.48. The van der Waals surface area contributed by atoms with Crippen LogP contribution in [0.1, 0.15) is 35.7 Å². The Morgan fingerprint density at radius 3 is 2.63 bits per heavy atom. The van der Waals surface area contributed by atoms with Gasteiger partial charge in [0.15, 0.2) is 0 Å². The zero-order valence-electron chi connectivity index (χ0n) is 15.7. The minimum absolute atomic E-state index is 0.167. The van der Waals surface area contributed by atoms with Gasteiger partial charge in [-0.1, -0.05) is 38.1 Å². The molecule has 0 atom stereocenters. The molecular formula is C22H23N3O2. The third-order valence-corrected chi connectivity index (χ3v) is 4.20. The van der Waals surface area contributed by atoms with Gasteiger partial charge in [0, 0.05) is 29.2 Å². The summed E-state index contributed by atoms with van der Waals surface area (Å²) in [4.78, 5) is 17.0. The Morgan fingerprint density at radius 1 is 1.04 bits per heavy atom. The van der Waals surface area contributed by atoms with Crippen molar-refractivity contribution in [3.8, 4) is 5.75 Å². The number of carbonyl (C=O) groups is 1. The van der Waals surface area contributed by atoms with E-state index in [9.17, 15) is 4.79 Å². The van der Waals surface area contributed by atoms with Crippen molar-refractivity contribution in [3.63, 3.8) is 0 Å². The smallest absolute Gasteiger partial charge is 0.255 e. The first-order chi connectivity index (χ1) is 13.1. The monoisotopic (exact) mass is 361 g/mol. The second-order valence-electron chi connectivity index (χ2n) is 6.48. The Hall–Kier alpha value is -3.34. The third-order valence-electron chi connectivity index (χ3n) is 4.20. The lowest BCUT2D eigenvalue weighted by Gasteiger charge is -2.14. The van der Waals surface area contributed by atoms with E-state index in [-0.39, 0.29) is 5.91 Å². The largest absolute Gasteiger partial charge is 0.497 e. The molecule has 138 valence electrons. The summed E-state index contributed by atoms with van der Waals surface area (Å²) < 4.78 is 5.23. The van der Waals surface area contributed by atoms with Crippen LogP contribution in [0, 0.1) is 0 Å². The number of pyridine rings is 1. The Balaban J connectivity index is 1.78. The number of aromatic nitrogens is 1. The van der Waals surface area contributed by atoms with Crippen LogP contribution >= 0.6 is 0 Å². The Labute approximate surface area is 159 Å². The fraction of sp³-hybridized carbons (Fsp3) is 0.182.